The zero-order valence-corrected chi connectivity index (χ0v) is 11.6. The van der Waals surface area contributed by atoms with E-state index in [1.807, 2.05) is 0 Å². The summed E-state index contributed by atoms with van der Waals surface area (Å²) in [4.78, 5) is 0. The highest BCUT2D eigenvalue weighted by molar-refractivity contribution is 7.91. The highest BCUT2D eigenvalue weighted by atomic mass is 32.2. The van der Waals surface area contributed by atoms with Crippen LogP contribution in [0, 0.1) is 0 Å². The van der Waals surface area contributed by atoms with Crippen molar-refractivity contribution in [1.29, 1.82) is 0 Å². The highest BCUT2D eigenvalue weighted by Gasteiger charge is 2.36. The fraction of sp³-hybridized carbons (Fsp3) is 0.538. The van der Waals surface area contributed by atoms with Crippen LogP contribution >= 0.6 is 0 Å². The first kappa shape index (κ1) is 15.2. The standard InChI is InChI=1S/C13H16F3NO2S/c14-13(15,16)12-7-10(17)6-5-9(12)8-20(18,19)11-3-1-2-4-11/h5-7,11H,1-4,8,17H2. The van der Waals surface area contributed by atoms with E-state index in [4.69, 9.17) is 5.73 Å². The molecule has 0 bridgehead atoms. The molecule has 1 aromatic rings. The lowest BCUT2D eigenvalue weighted by Crippen LogP contribution is -2.21. The maximum Gasteiger partial charge on any atom is 0.416 e. The second kappa shape index (κ2) is 5.27. The number of anilines is 1. The van der Waals surface area contributed by atoms with Gasteiger partial charge in [-0.15, -0.1) is 0 Å². The van der Waals surface area contributed by atoms with Crippen molar-refractivity contribution in [2.45, 2.75) is 42.9 Å². The van der Waals surface area contributed by atoms with Gasteiger partial charge in [0.1, 0.15) is 0 Å². The van der Waals surface area contributed by atoms with Crippen LogP contribution in [-0.4, -0.2) is 13.7 Å². The molecule has 0 aromatic heterocycles. The van der Waals surface area contributed by atoms with Gasteiger partial charge in [-0.3, -0.25) is 0 Å². The van der Waals surface area contributed by atoms with Gasteiger partial charge >= 0.3 is 6.18 Å². The van der Waals surface area contributed by atoms with Crippen LogP contribution in [-0.2, 0) is 21.8 Å². The number of sulfone groups is 1. The van der Waals surface area contributed by atoms with E-state index in [-0.39, 0.29) is 11.3 Å². The number of halogens is 3. The lowest BCUT2D eigenvalue weighted by molar-refractivity contribution is -0.138. The number of hydrogen-bond acceptors (Lipinski definition) is 3. The summed E-state index contributed by atoms with van der Waals surface area (Å²) in [7, 11) is -3.55. The zero-order chi connectivity index (χ0) is 15.0. The summed E-state index contributed by atoms with van der Waals surface area (Å²) >= 11 is 0. The minimum atomic E-state index is -4.60. The number of rotatable bonds is 3. The van der Waals surface area contributed by atoms with Crippen LogP contribution in [0.15, 0.2) is 18.2 Å². The molecule has 3 nitrogen and oxygen atoms in total. The number of benzene rings is 1. The van der Waals surface area contributed by atoms with Gasteiger partial charge in [-0.25, -0.2) is 8.42 Å². The molecule has 0 heterocycles. The van der Waals surface area contributed by atoms with Crippen LogP contribution in [0.2, 0.25) is 0 Å². The molecule has 0 amide bonds. The van der Waals surface area contributed by atoms with E-state index in [2.05, 4.69) is 0 Å². The number of nitrogens with two attached hydrogens (primary N) is 1. The van der Waals surface area contributed by atoms with Gasteiger partial charge in [-0.05, 0) is 30.5 Å². The molecule has 0 spiro atoms. The Bertz CT molecular complexity index is 590. The Morgan fingerprint density at radius 2 is 1.80 bits per heavy atom. The maximum atomic E-state index is 12.9. The molecule has 1 saturated carbocycles. The Morgan fingerprint density at radius 1 is 1.20 bits per heavy atom. The SMILES string of the molecule is Nc1ccc(CS(=O)(=O)C2CCCC2)c(C(F)(F)F)c1. The second-order valence-corrected chi connectivity index (χ2v) is 7.41. The summed E-state index contributed by atoms with van der Waals surface area (Å²) in [5, 5.41) is -0.513. The van der Waals surface area contributed by atoms with Crippen molar-refractivity contribution in [2.24, 2.45) is 0 Å². The normalized spacial score (nSPS) is 17.6. The van der Waals surface area contributed by atoms with Gasteiger partial charge in [0.05, 0.1) is 16.6 Å². The number of hydrogen-bond donors (Lipinski definition) is 1. The molecule has 0 aliphatic heterocycles. The van der Waals surface area contributed by atoms with Crippen molar-refractivity contribution in [3.63, 3.8) is 0 Å². The van der Waals surface area contributed by atoms with E-state index < -0.39 is 32.6 Å². The fourth-order valence-corrected chi connectivity index (χ4v) is 4.54. The van der Waals surface area contributed by atoms with Gasteiger partial charge in [0, 0.05) is 5.69 Å². The first-order valence-electron chi connectivity index (χ1n) is 6.37. The molecule has 1 fully saturated rings. The van der Waals surface area contributed by atoms with E-state index in [1.165, 1.54) is 6.07 Å². The van der Waals surface area contributed by atoms with Crippen molar-refractivity contribution in [3.8, 4) is 0 Å². The summed E-state index contributed by atoms with van der Waals surface area (Å²) in [6, 6.07) is 3.25. The Labute approximate surface area is 115 Å². The van der Waals surface area contributed by atoms with Gasteiger partial charge in [0.15, 0.2) is 9.84 Å². The van der Waals surface area contributed by atoms with Crippen molar-refractivity contribution in [2.75, 3.05) is 5.73 Å². The molecular formula is C13H16F3NO2S. The van der Waals surface area contributed by atoms with E-state index >= 15 is 0 Å². The van der Waals surface area contributed by atoms with Crippen molar-refractivity contribution >= 4 is 15.5 Å². The molecular weight excluding hydrogens is 291 g/mol. The summed E-state index contributed by atoms with van der Waals surface area (Å²) in [6.45, 7) is 0. The highest BCUT2D eigenvalue weighted by Crippen LogP contribution is 2.35. The topological polar surface area (TPSA) is 60.2 Å². The number of nitrogen functional groups attached to an aromatic ring is 1. The van der Waals surface area contributed by atoms with Crippen LogP contribution in [0.4, 0.5) is 18.9 Å². The van der Waals surface area contributed by atoms with Crippen LogP contribution < -0.4 is 5.73 Å². The summed E-state index contributed by atoms with van der Waals surface area (Å²) in [5.41, 5.74) is 4.15. The van der Waals surface area contributed by atoms with E-state index in [9.17, 15) is 21.6 Å². The molecule has 0 saturated heterocycles. The van der Waals surface area contributed by atoms with Gasteiger partial charge < -0.3 is 5.73 Å². The average molecular weight is 307 g/mol. The van der Waals surface area contributed by atoms with Gasteiger partial charge in [-0.1, -0.05) is 18.9 Å². The third-order valence-electron chi connectivity index (χ3n) is 3.61. The summed E-state index contributed by atoms with van der Waals surface area (Å²) in [5.74, 6) is -0.577. The first-order valence-corrected chi connectivity index (χ1v) is 8.09. The van der Waals surface area contributed by atoms with E-state index in [1.54, 1.807) is 0 Å². The molecule has 1 aliphatic carbocycles. The fourth-order valence-electron chi connectivity index (χ4n) is 2.57. The Kier molecular flexibility index (Phi) is 4.00. The third kappa shape index (κ3) is 3.26. The molecule has 0 atom stereocenters. The van der Waals surface area contributed by atoms with Gasteiger partial charge in [0.25, 0.3) is 0 Å². The Morgan fingerprint density at radius 3 is 2.35 bits per heavy atom. The lowest BCUT2D eigenvalue weighted by atomic mass is 10.1. The zero-order valence-electron chi connectivity index (χ0n) is 10.8. The van der Waals surface area contributed by atoms with Crippen molar-refractivity contribution in [3.05, 3.63) is 29.3 Å². The molecule has 1 aromatic carbocycles. The molecule has 2 rings (SSSR count). The van der Waals surface area contributed by atoms with Crippen LogP contribution in [0.25, 0.3) is 0 Å². The molecule has 1 aliphatic rings. The van der Waals surface area contributed by atoms with Crippen LogP contribution in [0.5, 0.6) is 0 Å². The molecule has 2 N–H and O–H groups in total. The second-order valence-electron chi connectivity index (χ2n) is 5.13. The Balaban J connectivity index is 2.34. The quantitative estimate of drug-likeness (QED) is 0.873. The molecule has 0 radical (unpaired) electrons. The van der Waals surface area contributed by atoms with Gasteiger partial charge in [0.2, 0.25) is 0 Å². The van der Waals surface area contributed by atoms with Gasteiger partial charge in [-0.2, -0.15) is 13.2 Å². The van der Waals surface area contributed by atoms with E-state index in [0.717, 1.165) is 25.0 Å². The van der Waals surface area contributed by atoms with Crippen molar-refractivity contribution in [1.82, 2.24) is 0 Å². The van der Waals surface area contributed by atoms with Crippen LogP contribution in [0.3, 0.4) is 0 Å². The Hall–Kier alpha value is -1.24. The largest absolute Gasteiger partial charge is 0.416 e. The van der Waals surface area contributed by atoms with E-state index in [0.29, 0.717) is 12.8 Å². The molecule has 112 valence electrons. The first-order chi connectivity index (χ1) is 9.20. The lowest BCUT2D eigenvalue weighted by Gasteiger charge is -2.16. The smallest absolute Gasteiger partial charge is 0.399 e. The predicted octanol–water partition coefficient (Wildman–Crippen LogP) is 3.15. The minimum absolute atomic E-state index is 0.0284. The third-order valence-corrected chi connectivity index (χ3v) is 5.81. The predicted molar refractivity (Wildman–Crippen MR) is 70.7 cm³/mol. The maximum absolute atomic E-state index is 12.9. The molecule has 0 unspecified atom stereocenters. The monoisotopic (exact) mass is 307 g/mol. The van der Waals surface area contributed by atoms with Crippen molar-refractivity contribution < 1.29 is 21.6 Å². The average Bonchev–Trinajstić information content (AvgIpc) is 2.84. The molecule has 7 heteroatoms. The summed E-state index contributed by atoms with van der Waals surface area (Å²) in [6.07, 6.45) is -1.89. The minimum Gasteiger partial charge on any atom is -0.399 e. The summed E-state index contributed by atoms with van der Waals surface area (Å²) < 4.78 is 63.1. The number of alkyl halides is 3. The molecule has 20 heavy (non-hydrogen) atoms. The van der Waals surface area contributed by atoms with Crippen LogP contribution in [0.1, 0.15) is 36.8 Å².